The molecule has 102 valence electrons. The van der Waals surface area contributed by atoms with Crippen molar-refractivity contribution in [1.82, 2.24) is 0 Å². The van der Waals surface area contributed by atoms with Gasteiger partial charge >= 0.3 is 11.9 Å². The van der Waals surface area contributed by atoms with Crippen molar-refractivity contribution >= 4 is 11.9 Å². The van der Waals surface area contributed by atoms with Crippen molar-refractivity contribution in [2.45, 2.75) is 19.8 Å². The first-order valence-electron chi connectivity index (χ1n) is 6.17. The molecule has 1 aromatic carbocycles. The number of benzene rings is 1. The van der Waals surface area contributed by atoms with Crippen LogP contribution in [0.25, 0.3) is 0 Å². The molecule has 0 heterocycles. The molecule has 1 aliphatic rings. The largest absolute Gasteiger partial charge is 0.508 e. The maximum Gasteiger partial charge on any atom is 0.313 e. The Morgan fingerprint density at radius 3 is 2.47 bits per heavy atom. The van der Waals surface area contributed by atoms with Crippen molar-refractivity contribution in [3.63, 3.8) is 0 Å². The minimum atomic E-state index is -0.966. The van der Waals surface area contributed by atoms with E-state index in [-0.39, 0.29) is 12.4 Å². The molecule has 5 heteroatoms. The Hall–Kier alpha value is -2.04. The summed E-state index contributed by atoms with van der Waals surface area (Å²) in [5, 5.41) is 18.3. The second-order valence-electron chi connectivity index (χ2n) is 4.81. The molecule has 19 heavy (non-hydrogen) atoms. The summed E-state index contributed by atoms with van der Waals surface area (Å²) < 4.78 is 4.99. The van der Waals surface area contributed by atoms with E-state index in [1.54, 1.807) is 19.1 Å². The van der Waals surface area contributed by atoms with Crippen LogP contribution in [0.4, 0.5) is 0 Å². The third kappa shape index (κ3) is 2.54. The van der Waals surface area contributed by atoms with E-state index in [1.165, 1.54) is 12.1 Å². The lowest BCUT2D eigenvalue weighted by Crippen LogP contribution is -2.26. The summed E-state index contributed by atoms with van der Waals surface area (Å²) in [6.45, 7) is 1.94. The number of ether oxygens (including phenoxy) is 1. The average Bonchev–Trinajstić information content (AvgIpc) is 3.09. The summed E-state index contributed by atoms with van der Waals surface area (Å²) >= 11 is 0. The number of aliphatic carboxylic acids is 1. The lowest BCUT2D eigenvalue weighted by molar-refractivity contribution is -0.153. The fourth-order valence-corrected chi connectivity index (χ4v) is 2.37. The molecule has 0 radical (unpaired) electrons. The Labute approximate surface area is 110 Å². The number of rotatable bonds is 5. The van der Waals surface area contributed by atoms with E-state index in [2.05, 4.69) is 0 Å². The van der Waals surface area contributed by atoms with E-state index >= 15 is 0 Å². The maximum absolute atomic E-state index is 12.0. The molecule has 2 N–H and O–H groups in total. The summed E-state index contributed by atoms with van der Waals surface area (Å²) in [5.74, 6) is -1.96. The molecular weight excluding hydrogens is 248 g/mol. The van der Waals surface area contributed by atoms with Crippen LogP contribution in [0.15, 0.2) is 24.3 Å². The monoisotopic (exact) mass is 264 g/mol. The third-order valence-corrected chi connectivity index (χ3v) is 3.51. The molecule has 1 aliphatic carbocycles. The second-order valence-corrected chi connectivity index (χ2v) is 4.81. The number of carboxylic acid groups (broad SMARTS) is 1. The first-order chi connectivity index (χ1) is 8.99. The van der Waals surface area contributed by atoms with Gasteiger partial charge < -0.3 is 14.9 Å². The minimum absolute atomic E-state index is 0.138. The van der Waals surface area contributed by atoms with E-state index in [0.29, 0.717) is 12.8 Å². The van der Waals surface area contributed by atoms with Crippen LogP contribution < -0.4 is 0 Å². The topological polar surface area (TPSA) is 83.8 Å². The number of carbonyl (C=O) groups is 2. The molecule has 1 fully saturated rings. The van der Waals surface area contributed by atoms with Crippen LogP contribution in [0.5, 0.6) is 5.75 Å². The molecular formula is C14H16O5. The fourth-order valence-electron chi connectivity index (χ4n) is 2.37. The molecule has 2 atom stereocenters. The Morgan fingerprint density at radius 2 is 2.00 bits per heavy atom. The van der Waals surface area contributed by atoms with Gasteiger partial charge in [0.25, 0.3) is 0 Å². The van der Waals surface area contributed by atoms with Crippen LogP contribution in [0.1, 0.15) is 18.9 Å². The zero-order valence-corrected chi connectivity index (χ0v) is 10.6. The molecule has 0 bridgehead atoms. The molecule has 0 aliphatic heterocycles. The highest BCUT2D eigenvalue weighted by Crippen LogP contribution is 2.55. The summed E-state index contributed by atoms with van der Waals surface area (Å²) in [5.41, 5.74) is -0.131. The van der Waals surface area contributed by atoms with Gasteiger partial charge in [0.2, 0.25) is 0 Å². The molecule has 2 rings (SSSR count). The van der Waals surface area contributed by atoms with Crippen LogP contribution >= 0.6 is 0 Å². The van der Waals surface area contributed by atoms with Gasteiger partial charge in [-0.05, 0) is 37.5 Å². The van der Waals surface area contributed by atoms with Gasteiger partial charge in [0.05, 0.1) is 17.9 Å². The van der Waals surface area contributed by atoms with Crippen molar-refractivity contribution in [2.24, 2.45) is 11.3 Å². The number of carbonyl (C=O) groups excluding carboxylic acids is 1. The summed E-state index contributed by atoms with van der Waals surface area (Å²) in [6.07, 6.45) is 0.630. The maximum atomic E-state index is 12.0. The smallest absolute Gasteiger partial charge is 0.313 e. The summed E-state index contributed by atoms with van der Waals surface area (Å²) in [4.78, 5) is 23.1. The second kappa shape index (κ2) is 4.91. The van der Waals surface area contributed by atoms with E-state index in [9.17, 15) is 14.7 Å². The minimum Gasteiger partial charge on any atom is -0.508 e. The van der Waals surface area contributed by atoms with E-state index in [0.717, 1.165) is 5.56 Å². The molecule has 5 nitrogen and oxygen atoms in total. The van der Waals surface area contributed by atoms with Crippen LogP contribution in [0, 0.1) is 11.3 Å². The first-order valence-corrected chi connectivity index (χ1v) is 6.17. The average molecular weight is 264 g/mol. The van der Waals surface area contributed by atoms with Crippen LogP contribution in [-0.2, 0) is 20.7 Å². The number of aromatic hydroxyl groups is 1. The van der Waals surface area contributed by atoms with Gasteiger partial charge in [-0.2, -0.15) is 0 Å². The normalized spacial score (nSPS) is 24.8. The third-order valence-electron chi connectivity index (χ3n) is 3.51. The molecule has 1 aromatic rings. The van der Waals surface area contributed by atoms with E-state index in [1.807, 2.05) is 0 Å². The van der Waals surface area contributed by atoms with Gasteiger partial charge in [-0.25, -0.2) is 0 Å². The zero-order valence-electron chi connectivity index (χ0n) is 10.6. The number of hydrogen-bond donors (Lipinski definition) is 2. The Morgan fingerprint density at radius 1 is 1.37 bits per heavy atom. The van der Waals surface area contributed by atoms with Crippen LogP contribution in [-0.4, -0.2) is 28.8 Å². The molecule has 1 unspecified atom stereocenters. The number of phenols is 1. The first kappa shape index (κ1) is 13.4. The summed E-state index contributed by atoms with van der Waals surface area (Å²) in [7, 11) is 0. The molecule has 0 aromatic heterocycles. The molecule has 0 saturated heterocycles. The molecule has 0 amide bonds. The number of esters is 1. The Balaban J connectivity index is 2.18. The molecule has 0 spiro atoms. The SMILES string of the molecule is CCOC(=O)[C@@]1(Cc2ccc(O)cc2)CC1C(=O)O. The van der Waals surface area contributed by atoms with Crippen molar-refractivity contribution < 1.29 is 24.5 Å². The fraction of sp³-hybridized carbons (Fsp3) is 0.429. The highest BCUT2D eigenvalue weighted by molar-refractivity contribution is 5.90. The number of carboxylic acids is 1. The van der Waals surface area contributed by atoms with Crippen LogP contribution in [0.3, 0.4) is 0 Å². The Kier molecular flexibility index (Phi) is 3.46. The van der Waals surface area contributed by atoms with E-state index < -0.39 is 23.3 Å². The lowest BCUT2D eigenvalue weighted by atomic mass is 9.94. The Bertz CT molecular complexity index is 493. The predicted octanol–water partition coefficient (Wildman–Crippen LogP) is 1.59. The lowest BCUT2D eigenvalue weighted by Gasteiger charge is -2.15. The standard InChI is InChI=1S/C14H16O5/c1-2-19-13(18)14(8-11(14)12(16)17)7-9-3-5-10(15)6-4-9/h3-6,11,15H,2,7-8H2,1H3,(H,16,17)/t11?,14-/m0/s1. The van der Waals surface area contributed by atoms with E-state index in [4.69, 9.17) is 9.84 Å². The van der Waals surface area contributed by atoms with Gasteiger partial charge in [-0.1, -0.05) is 12.1 Å². The highest BCUT2D eigenvalue weighted by atomic mass is 16.5. The van der Waals surface area contributed by atoms with Crippen molar-refractivity contribution in [1.29, 1.82) is 0 Å². The number of hydrogen-bond acceptors (Lipinski definition) is 4. The summed E-state index contributed by atoms with van der Waals surface area (Å²) in [6, 6.07) is 6.42. The highest BCUT2D eigenvalue weighted by Gasteiger charge is 2.64. The number of phenolic OH excluding ortho intramolecular Hbond substituents is 1. The van der Waals surface area contributed by atoms with Gasteiger partial charge in [0.15, 0.2) is 0 Å². The molecule has 1 saturated carbocycles. The van der Waals surface area contributed by atoms with Gasteiger partial charge in [-0.15, -0.1) is 0 Å². The van der Waals surface area contributed by atoms with Gasteiger partial charge in [0.1, 0.15) is 5.75 Å². The van der Waals surface area contributed by atoms with Gasteiger partial charge in [-0.3, -0.25) is 9.59 Å². The van der Waals surface area contributed by atoms with Crippen LogP contribution in [0.2, 0.25) is 0 Å². The predicted molar refractivity (Wildman–Crippen MR) is 66.6 cm³/mol. The van der Waals surface area contributed by atoms with Gasteiger partial charge in [0, 0.05) is 0 Å². The van der Waals surface area contributed by atoms with Crippen molar-refractivity contribution in [3.05, 3.63) is 29.8 Å². The quantitative estimate of drug-likeness (QED) is 0.789. The zero-order chi connectivity index (χ0) is 14.0. The van der Waals surface area contributed by atoms with Crippen molar-refractivity contribution in [3.8, 4) is 5.75 Å². The van der Waals surface area contributed by atoms with Crippen molar-refractivity contribution in [2.75, 3.05) is 6.61 Å².